The molecule has 6 nitrogen and oxygen atoms in total. The number of carbonyl (C=O) groups excluding carboxylic acids is 1. The summed E-state index contributed by atoms with van der Waals surface area (Å²) in [5.74, 6) is 0.248. The lowest BCUT2D eigenvalue weighted by molar-refractivity contribution is -0.118. The molecule has 1 heterocycles. The van der Waals surface area contributed by atoms with Crippen molar-refractivity contribution in [3.8, 4) is 0 Å². The lowest BCUT2D eigenvalue weighted by Gasteiger charge is -2.21. The number of sulfone groups is 1. The van der Waals surface area contributed by atoms with E-state index in [0.717, 1.165) is 30.1 Å². The molecule has 3 aromatic rings. The number of hydrogen-bond donors (Lipinski definition) is 2. The lowest BCUT2D eigenvalue weighted by Crippen LogP contribution is -2.24. The first-order valence-electron chi connectivity index (χ1n) is 10.1. The Morgan fingerprint density at radius 1 is 1.23 bits per heavy atom. The number of imidazole rings is 1. The summed E-state index contributed by atoms with van der Waals surface area (Å²) in [5.41, 5.74) is 2.34. The Kier molecular flexibility index (Phi) is 5.84. The van der Waals surface area contributed by atoms with Gasteiger partial charge in [0.05, 0.1) is 26.9 Å². The van der Waals surface area contributed by atoms with Crippen molar-refractivity contribution >= 4 is 44.3 Å². The van der Waals surface area contributed by atoms with E-state index < -0.39 is 15.8 Å². The number of benzene rings is 2. The van der Waals surface area contributed by atoms with Crippen LogP contribution in [0.5, 0.6) is 0 Å². The number of aromatic amines is 1. The number of fused-ring (bicyclic) bond motifs is 1. The molecule has 1 atom stereocenters. The van der Waals surface area contributed by atoms with Crippen molar-refractivity contribution in [2.75, 3.05) is 11.6 Å². The monoisotopic (exact) mass is 445 g/mol. The molecule has 2 aromatic carbocycles. The summed E-state index contributed by atoms with van der Waals surface area (Å²) in [6.07, 6.45) is 6.37. The maximum absolute atomic E-state index is 13.2. The number of amides is 1. The first-order chi connectivity index (χ1) is 14.3. The Balaban J connectivity index is 1.63. The molecule has 1 aromatic heterocycles. The van der Waals surface area contributed by atoms with Crippen LogP contribution in [0.1, 0.15) is 43.6 Å². The van der Waals surface area contributed by atoms with Crippen LogP contribution >= 0.6 is 11.6 Å². The SMILES string of the molecule is CS(=O)(=O)c1ccc([C@@H](CC2CCCC2)C(=O)Nc2nc3ccccc3[nH]2)cc1Cl. The van der Waals surface area contributed by atoms with E-state index in [2.05, 4.69) is 15.3 Å². The average molecular weight is 446 g/mol. The van der Waals surface area contributed by atoms with Crippen molar-refractivity contribution in [1.82, 2.24) is 9.97 Å². The molecule has 1 amide bonds. The highest BCUT2D eigenvalue weighted by atomic mass is 35.5. The highest BCUT2D eigenvalue weighted by Gasteiger charge is 2.28. The van der Waals surface area contributed by atoms with Crippen LogP contribution in [0, 0.1) is 5.92 Å². The van der Waals surface area contributed by atoms with Gasteiger partial charge < -0.3 is 4.98 Å². The molecule has 0 saturated heterocycles. The molecule has 158 valence electrons. The lowest BCUT2D eigenvalue weighted by atomic mass is 9.87. The number of hydrogen-bond acceptors (Lipinski definition) is 4. The van der Waals surface area contributed by atoms with Gasteiger partial charge in [-0.3, -0.25) is 10.1 Å². The Bertz CT molecular complexity index is 1150. The number of carbonyl (C=O) groups is 1. The molecule has 1 aliphatic rings. The van der Waals surface area contributed by atoms with Gasteiger partial charge in [-0.05, 0) is 42.2 Å². The minimum atomic E-state index is -3.43. The zero-order chi connectivity index (χ0) is 21.3. The topological polar surface area (TPSA) is 91.9 Å². The minimum absolute atomic E-state index is 0.0743. The maximum atomic E-state index is 13.2. The van der Waals surface area contributed by atoms with Crippen molar-refractivity contribution in [3.63, 3.8) is 0 Å². The number of nitrogens with zero attached hydrogens (tertiary/aromatic N) is 1. The fourth-order valence-corrected chi connectivity index (χ4v) is 5.56. The summed E-state index contributed by atoms with van der Waals surface area (Å²) in [5, 5.41) is 3.04. The van der Waals surface area contributed by atoms with Crippen molar-refractivity contribution in [2.45, 2.75) is 42.9 Å². The number of rotatable bonds is 6. The summed E-state index contributed by atoms with van der Waals surface area (Å²) < 4.78 is 23.8. The summed E-state index contributed by atoms with van der Waals surface area (Å²) in [6, 6.07) is 12.4. The van der Waals surface area contributed by atoms with Crippen LogP contribution in [0.2, 0.25) is 5.02 Å². The van der Waals surface area contributed by atoms with Crippen molar-refractivity contribution in [2.24, 2.45) is 5.92 Å². The van der Waals surface area contributed by atoms with Crippen LogP contribution in [0.4, 0.5) is 5.95 Å². The van der Waals surface area contributed by atoms with Gasteiger partial charge in [0.15, 0.2) is 9.84 Å². The molecule has 1 saturated carbocycles. The van der Waals surface area contributed by atoms with Gasteiger partial charge in [-0.2, -0.15) is 0 Å². The number of H-pyrrole nitrogens is 1. The zero-order valence-corrected chi connectivity index (χ0v) is 18.3. The third-order valence-corrected chi connectivity index (χ3v) is 7.33. The van der Waals surface area contributed by atoms with Crippen LogP contribution in [0.3, 0.4) is 0 Å². The second kappa shape index (κ2) is 8.40. The Morgan fingerprint density at radius 3 is 2.63 bits per heavy atom. The number of halogens is 1. The van der Waals surface area contributed by atoms with Crippen LogP contribution in [0.25, 0.3) is 11.0 Å². The zero-order valence-electron chi connectivity index (χ0n) is 16.7. The van der Waals surface area contributed by atoms with Crippen molar-refractivity contribution in [1.29, 1.82) is 0 Å². The van der Waals surface area contributed by atoms with Gasteiger partial charge in [-0.1, -0.05) is 55.5 Å². The van der Waals surface area contributed by atoms with E-state index in [-0.39, 0.29) is 15.8 Å². The standard InChI is InChI=1S/C22H24ClN3O3S/c1-30(28,29)20-11-10-15(13-17(20)23)16(12-14-6-2-3-7-14)21(27)26-22-24-18-8-4-5-9-19(18)25-22/h4-5,8-11,13-14,16H,2-3,6-7,12H2,1H3,(H2,24,25,26,27)/t16-/m1/s1. The van der Waals surface area contributed by atoms with Gasteiger partial charge >= 0.3 is 0 Å². The van der Waals surface area contributed by atoms with Gasteiger partial charge in [0.2, 0.25) is 11.9 Å². The summed E-state index contributed by atoms with van der Waals surface area (Å²) >= 11 is 6.26. The third-order valence-electron chi connectivity index (χ3n) is 5.75. The Labute approximate surface area is 181 Å². The fraction of sp³-hybridized carbons (Fsp3) is 0.364. The number of aromatic nitrogens is 2. The van der Waals surface area contributed by atoms with Crippen LogP contribution in [0.15, 0.2) is 47.4 Å². The number of anilines is 1. The minimum Gasteiger partial charge on any atom is -0.324 e. The molecule has 0 unspecified atom stereocenters. The first kappa shape index (κ1) is 20.9. The molecule has 0 radical (unpaired) electrons. The normalized spacial score (nSPS) is 16.1. The average Bonchev–Trinajstić information content (AvgIpc) is 3.33. The van der Waals surface area contributed by atoms with E-state index in [1.807, 2.05) is 24.3 Å². The molecule has 0 aliphatic heterocycles. The van der Waals surface area contributed by atoms with E-state index in [4.69, 9.17) is 11.6 Å². The quantitative estimate of drug-likeness (QED) is 0.563. The largest absolute Gasteiger partial charge is 0.324 e. The highest BCUT2D eigenvalue weighted by Crippen LogP contribution is 2.36. The smallest absolute Gasteiger partial charge is 0.234 e. The second-order valence-corrected chi connectivity index (χ2v) is 10.4. The molecule has 30 heavy (non-hydrogen) atoms. The molecule has 4 rings (SSSR count). The number of nitrogens with one attached hydrogen (secondary N) is 2. The second-order valence-electron chi connectivity index (χ2n) is 7.99. The molecule has 2 N–H and O–H groups in total. The summed E-state index contributed by atoms with van der Waals surface area (Å²) in [6.45, 7) is 0. The molecule has 0 bridgehead atoms. The van der Waals surface area contributed by atoms with E-state index >= 15 is 0 Å². The molecular weight excluding hydrogens is 422 g/mol. The summed E-state index contributed by atoms with van der Waals surface area (Å²) in [4.78, 5) is 20.9. The predicted molar refractivity (Wildman–Crippen MR) is 119 cm³/mol. The van der Waals surface area contributed by atoms with Crippen LogP contribution < -0.4 is 5.32 Å². The van der Waals surface area contributed by atoms with Gasteiger partial charge in [-0.15, -0.1) is 0 Å². The van der Waals surface area contributed by atoms with Crippen molar-refractivity contribution in [3.05, 3.63) is 53.1 Å². The summed E-state index contributed by atoms with van der Waals surface area (Å²) in [7, 11) is -3.43. The maximum Gasteiger partial charge on any atom is 0.234 e. The molecule has 1 fully saturated rings. The predicted octanol–water partition coefficient (Wildman–Crippen LogP) is 4.92. The van der Waals surface area contributed by atoms with Gasteiger partial charge in [-0.25, -0.2) is 13.4 Å². The van der Waals surface area contributed by atoms with Gasteiger partial charge in [0, 0.05) is 6.26 Å². The van der Waals surface area contributed by atoms with Crippen LogP contribution in [-0.2, 0) is 14.6 Å². The van der Waals surface area contributed by atoms with Crippen molar-refractivity contribution < 1.29 is 13.2 Å². The molecular formula is C22H24ClN3O3S. The van der Waals surface area contributed by atoms with E-state index in [1.165, 1.54) is 18.9 Å². The molecule has 8 heteroatoms. The van der Waals surface area contributed by atoms with Gasteiger partial charge in [0.25, 0.3) is 0 Å². The van der Waals surface area contributed by atoms with E-state index in [9.17, 15) is 13.2 Å². The number of para-hydroxylation sites is 2. The molecule has 1 aliphatic carbocycles. The molecule has 0 spiro atoms. The third kappa shape index (κ3) is 4.52. The van der Waals surface area contributed by atoms with E-state index in [1.54, 1.807) is 12.1 Å². The fourth-order valence-electron chi connectivity index (χ4n) is 4.22. The first-order valence-corrected chi connectivity index (χ1v) is 12.3. The van der Waals surface area contributed by atoms with Gasteiger partial charge in [0.1, 0.15) is 0 Å². The Hall–Kier alpha value is -2.38. The van der Waals surface area contributed by atoms with Crippen LogP contribution in [-0.4, -0.2) is 30.5 Å². The Morgan fingerprint density at radius 2 is 1.97 bits per heavy atom. The van der Waals surface area contributed by atoms with E-state index in [0.29, 0.717) is 23.9 Å². The highest BCUT2D eigenvalue weighted by molar-refractivity contribution is 7.90.